The average Bonchev–Trinajstić information content (AvgIpc) is 3.25. The van der Waals surface area contributed by atoms with Gasteiger partial charge in [-0.15, -0.1) is 0 Å². The van der Waals surface area contributed by atoms with E-state index in [4.69, 9.17) is 0 Å². The number of rotatable bonds is 6. The fourth-order valence-corrected chi connectivity index (χ4v) is 4.94. The molecule has 1 fully saturated rings. The Hall–Kier alpha value is -3.41. The van der Waals surface area contributed by atoms with E-state index < -0.39 is 12.0 Å². The summed E-state index contributed by atoms with van der Waals surface area (Å²) in [6, 6.07) is 28.5. The summed E-state index contributed by atoms with van der Waals surface area (Å²) in [5.74, 6) is -0.800. The minimum Gasteiger partial charge on any atom is -0.480 e. The number of piperazine rings is 1. The molecule has 5 nitrogen and oxygen atoms in total. The van der Waals surface area contributed by atoms with Crippen molar-refractivity contribution in [3.8, 4) is 0 Å². The molecule has 0 spiro atoms. The lowest BCUT2D eigenvalue weighted by atomic mass is 9.96. The quantitative estimate of drug-likeness (QED) is 0.470. The molecule has 0 saturated carbocycles. The largest absolute Gasteiger partial charge is 0.480 e. The summed E-state index contributed by atoms with van der Waals surface area (Å²) in [6.45, 7) is 3.01. The highest BCUT2D eigenvalue weighted by molar-refractivity contribution is 5.89. The Kier molecular flexibility index (Phi) is 5.75. The van der Waals surface area contributed by atoms with Crippen molar-refractivity contribution in [2.24, 2.45) is 0 Å². The number of aliphatic carboxylic acids is 1. The SMILES string of the molecule is O=C(O)C(c1c[nH]c2ccccc12)N1CCN(C(c2ccccc2)c2ccccc2)CC1. The van der Waals surface area contributed by atoms with E-state index in [1.165, 1.54) is 11.1 Å². The number of aromatic amines is 1. The average molecular weight is 426 g/mol. The van der Waals surface area contributed by atoms with E-state index in [0.717, 1.165) is 29.6 Å². The Bertz CT molecular complexity index is 1140. The Morgan fingerprint density at radius 3 is 1.88 bits per heavy atom. The molecule has 0 aliphatic carbocycles. The molecule has 0 bridgehead atoms. The van der Waals surface area contributed by atoms with Gasteiger partial charge in [0.1, 0.15) is 6.04 Å². The van der Waals surface area contributed by atoms with E-state index in [1.807, 2.05) is 42.6 Å². The molecule has 1 atom stereocenters. The Balaban J connectivity index is 1.39. The van der Waals surface area contributed by atoms with Crippen LogP contribution < -0.4 is 0 Å². The van der Waals surface area contributed by atoms with Crippen LogP contribution >= 0.6 is 0 Å². The molecule has 2 N–H and O–H groups in total. The molecular weight excluding hydrogens is 398 g/mol. The fraction of sp³-hybridized carbons (Fsp3) is 0.222. The van der Waals surface area contributed by atoms with Crippen LogP contribution in [0.2, 0.25) is 0 Å². The number of carboxylic acid groups (broad SMARTS) is 1. The minimum absolute atomic E-state index is 0.163. The number of benzene rings is 3. The predicted molar refractivity (Wildman–Crippen MR) is 127 cm³/mol. The maximum Gasteiger partial charge on any atom is 0.325 e. The number of hydrogen-bond acceptors (Lipinski definition) is 3. The molecule has 5 heteroatoms. The Labute approximate surface area is 187 Å². The summed E-state index contributed by atoms with van der Waals surface area (Å²) in [6.07, 6.45) is 1.85. The zero-order chi connectivity index (χ0) is 21.9. The maximum absolute atomic E-state index is 12.3. The van der Waals surface area contributed by atoms with Crippen molar-refractivity contribution in [3.63, 3.8) is 0 Å². The summed E-state index contributed by atoms with van der Waals surface area (Å²) < 4.78 is 0. The van der Waals surface area contributed by atoms with E-state index in [2.05, 4.69) is 63.3 Å². The molecule has 1 unspecified atom stereocenters. The van der Waals surface area contributed by atoms with Gasteiger partial charge in [0.2, 0.25) is 0 Å². The molecule has 162 valence electrons. The first-order valence-corrected chi connectivity index (χ1v) is 11.1. The normalized spacial score (nSPS) is 16.4. The van der Waals surface area contributed by atoms with Crippen molar-refractivity contribution in [3.05, 3.63) is 108 Å². The molecule has 2 heterocycles. The summed E-state index contributed by atoms with van der Waals surface area (Å²) in [5.41, 5.74) is 4.34. The molecular formula is C27H27N3O2. The lowest BCUT2D eigenvalue weighted by molar-refractivity contribution is -0.144. The standard InChI is InChI=1S/C27H27N3O2/c31-27(32)26(23-19-28-24-14-8-7-13-22(23)24)30-17-15-29(16-18-30)25(20-9-3-1-4-10-20)21-11-5-2-6-12-21/h1-14,19,25-26,28H,15-18H2,(H,31,32). The molecule has 1 aliphatic heterocycles. The number of carbonyl (C=O) groups is 1. The van der Waals surface area contributed by atoms with Crippen molar-refractivity contribution in [2.75, 3.05) is 26.2 Å². The zero-order valence-corrected chi connectivity index (χ0v) is 17.9. The molecule has 1 aliphatic rings. The van der Waals surface area contributed by atoms with Gasteiger partial charge in [0.05, 0.1) is 6.04 Å². The summed E-state index contributed by atoms with van der Waals surface area (Å²) >= 11 is 0. The Morgan fingerprint density at radius 1 is 0.750 bits per heavy atom. The van der Waals surface area contributed by atoms with Crippen molar-refractivity contribution >= 4 is 16.9 Å². The van der Waals surface area contributed by atoms with Gasteiger partial charge in [-0.3, -0.25) is 14.6 Å². The molecule has 5 rings (SSSR count). The third-order valence-electron chi connectivity index (χ3n) is 6.46. The van der Waals surface area contributed by atoms with Gasteiger partial charge >= 0.3 is 5.97 Å². The second-order valence-electron chi connectivity index (χ2n) is 8.33. The molecule has 32 heavy (non-hydrogen) atoms. The van der Waals surface area contributed by atoms with Crippen LogP contribution in [0.1, 0.15) is 28.8 Å². The number of carboxylic acids is 1. The first-order valence-electron chi connectivity index (χ1n) is 11.1. The molecule has 1 saturated heterocycles. The van der Waals surface area contributed by atoms with Gasteiger partial charge in [0, 0.05) is 48.8 Å². The topological polar surface area (TPSA) is 59.6 Å². The van der Waals surface area contributed by atoms with Crippen LogP contribution in [0.15, 0.2) is 91.1 Å². The summed E-state index contributed by atoms with van der Waals surface area (Å²) in [7, 11) is 0. The molecule has 4 aromatic rings. The third kappa shape index (κ3) is 3.93. The van der Waals surface area contributed by atoms with Gasteiger partial charge in [-0.05, 0) is 17.2 Å². The highest BCUT2D eigenvalue weighted by Gasteiger charge is 2.34. The number of hydrogen-bond donors (Lipinski definition) is 2. The first kappa shape index (κ1) is 20.5. The van der Waals surface area contributed by atoms with Crippen LogP contribution in [0.25, 0.3) is 10.9 Å². The van der Waals surface area contributed by atoms with Crippen LogP contribution in [-0.2, 0) is 4.79 Å². The lowest BCUT2D eigenvalue weighted by Crippen LogP contribution is -2.50. The number of para-hydroxylation sites is 1. The lowest BCUT2D eigenvalue weighted by Gasteiger charge is -2.41. The van der Waals surface area contributed by atoms with Crippen molar-refractivity contribution < 1.29 is 9.90 Å². The van der Waals surface area contributed by atoms with Gasteiger partial charge < -0.3 is 10.1 Å². The van der Waals surface area contributed by atoms with E-state index in [0.29, 0.717) is 13.1 Å². The second-order valence-corrected chi connectivity index (χ2v) is 8.33. The van der Waals surface area contributed by atoms with Crippen LogP contribution in [0.4, 0.5) is 0 Å². The molecule has 1 aromatic heterocycles. The van der Waals surface area contributed by atoms with Crippen molar-refractivity contribution in [1.29, 1.82) is 0 Å². The number of H-pyrrole nitrogens is 1. The van der Waals surface area contributed by atoms with Gasteiger partial charge in [0.25, 0.3) is 0 Å². The second kappa shape index (κ2) is 8.99. The fourth-order valence-electron chi connectivity index (χ4n) is 4.94. The molecule has 0 amide bonds. The molecule has 3 aromatic carbocycles. The Morgan fingerprint density at radius 2 is 1.28 bits per heavy atom. The number of nitrogens with one attached hydrogen (secondary N) is 1. The van der Waals surface area contributed by atoms with Crippen molar-refractivity contribution in [1.82, 2.24) is 14.8 Å². The predicted octanol–water partition coefficient (Wildman–Crippen LogP) is 4.70. The summed E-state index contributed by atoms with van der Waals surface area (Å²) in [4.78, 5) is 20.1. The van der Waals surface area contributed by atoms with E-state index in [9.17, 15) is 9.90 Å². The maximum atomic E-state index is 12.3. The monoisotopic (exact) mass is 425 g/mol. The zero-order valence-electron chi connectivity index (χ0n) is 17.9. The molecule has 0 radical (unpaired) electrons. The van der Waals surface area contributed by atoms with E-state index in [-0.39, 0.29) is 6.04 Å². The number of fused-ring (bicyclic) bond motifs is 1. The van der Waals surface area contributed by atoms with Crippen molar-refractivity contribution in [2.45, 2.75) is 12.1 Å². The van der Waals surface area contributed by atoms with Crippen LogP contribution in [-0.4, -0.2) is 52.0 Å². The summed E-state index contributed by atoms with van der Waals surface area (Å²) in [5, 5.41) is 11.1. The highest BCUT2D eigenvalue weighted by atomic mass is 16.4. The van der Waals surface area contributed by atoms with Gasteiger partial charge in [-0.25, -0.2) is 0 Å². The smallest absolute Gasteiger partial charge is 0.325 e. The number of nitrogens with zero attached hydrogens (tertiary/aromatic N) is 2. The van der Waals surface area contributed by atoms with Crippen LogP contribution in [0.5, 0.6) is 0 Å². The van der Waals surface area contributed by atoms with Crippen LogP contribution in [0.3, 0.4) is 0 Å². The van der Waals surface area contributed by atoms with E-state index in [1.54, 1.807) is 0 Å². The van der Waals surface area contributed by atoms with Gasteiger partial charge in [0.15, 0.2) is 0 Å². The van der Waals surface area contributed by atoms with Crippen LogP contribution in [0, 0.1) is 0 Å². The first-order chi connectivity index (χ1) is 15.7. The number of aromatic nitrogens is 1. The minimum atomic E-state index is -0.800. The van der Waals surface area contributed by atoms with Gasteiger partial charge in [-0.2, -0.15) is 0 Å². The van der Waals surface area contributed by atoms with E-state index >= 15 is 0 Å². The highest BCUT2D eigenvalue weighted by Crippen LogP contribution is 2.33. The van der Waals surface area contributed by atoms with Gasteiger partial charge in [-0.1, -0.05) is 78.9 Å². The third-order valence-corrected chi connectivity index (χ3v) is 6.46.